The number of carbonyl (C=O) groups is 2. The molecule has 28 heavy (non-hydrogen) atoms. The largest absolute Gasteiger partial charge is 0.464 e. The number of carbonyl (C=O) groups excluding carboxylic acids is 2. The summed E-state index contributed by atoms with van der Waals surface area (Å²) in [5.74, 6) is -0.510. The van der Waals surface area contributed by atoms with E-state index in [1.807, 2.05) is 54.6 Å². The van der Waals surface area contributed by atoms with Crippen molar-refractivity contribution < 1.29 is 14.3 Å². The van der Waals surface area contributed by atoms with E-state index in [-0.39, 0.29) is 11.6 Å². The molecule has 0 saturated heterocycles. The predicted molar refractivity (Wildman–Crippen MR) is 108 cm³/mol. The maximum atomic E-state index is 12.5. The van der Waals surface area contributed by atoms with Crippen molar-refractivity contribution in [3.63, 3.8) is 0 Å². The maximum absolute atomic E-state index is 12.5. The van der Waals surface area contributed by atoms with Crippen LogP contribution < -0.4 is 5.32 Å². The Balaban J connectivity index is 2.02. The lowest BCUT2D eigenvalue weighted by Gasteiger charge is -2.08. The van der Waals surface area contributed by atoms with Gasteiger partial charge in [0, 0.05) is 6.92 Å². The van der Waals surface area contributed by atoms with Crippen LogP contribution in [-0.4, -0.2) is 33.8 Å². The molecule has 2 heterocycles. The van der Waals surface area contributed by atoms with Crippen LogP contribution in [-0.2, 0) is 9.53 Å². The van der Waals surface area contributed by atoms with Crippen LogP contribution in [0.5, 0.6) is 0 Å². The van der Waals surface area contributed by atoms with Crippen molar-refractivity contribution in [2.24, 2.45) is 0 Å². The number of anilines is 1. The molecule has 4 rings (SSSR count). The molecular formula is C20H16N4O3S. The van der Waals surface area contributed by atoms with E-state index < -0.39 is 5.97 Å². The molecule has 0 saturated carbocycles. The molecule has 0 unspecified atom stereocenters. The monoisotopic (exact) mass is 392 g/mol. The van der Waals surface area contributed by atoms with Crippen molar-refractivity contribution in [2.75, 3.05) is 12.4 Å². The Kier molecular flexibility index (Phi) is 4.62. The maximum Gasteiger partial charge on any atom is 0.359 e. The molecule has 0 aliphatic heterocycles. The summed E-state index contributed by atoms with van der Waals surface area (Å²) >= 11 is 1.42. The number of benzene rings is 2. The topological polar surface area (TPSA) is 86.1 Å². The van der Waals surface area contributed by atoms with Crippen LogP contribution in [0.2, 0.25) is 0 Å². The highest BCUT2D eigenvalue weighted by Gasteiger charge is 2.28. The van der Waals surface area contributed by atoms with Crippen LogP contribution in [0.15, 0.2) is 54.6 Å². The summed E-state index contributed by atoms with van der Waals surface area (Å²) < 4.78 is 7.42. The molecule has 0 aliphatic rings. The number of fused-ring (bicyclic) bond motifs is 1. The number of amides is 1. The Hall–Kier alpha value is -3.52. The van der Waals surface area contributed by atoms with Gasteiger partial charge in [-0.15, -0.1) is 11.3 Å². The Morgan fingerprint density at radius 3 is 2.46 bits per heavy atom. The normalized spacial score (nSPS) is 10.8. The molecule has 7 nitrogen and oxygen atoms in total. The van der Waals surface area contributed by atoms with E-state index >= 15 is 0 Å². The first-order valence-corrected chi connectivity index (χ1v) is 9.30. The minimum absolute atomic E-state index is 0.0918. The lowest BCUT2D eigenvalue weighted by Crippen LogP contribution is -2.11. The van der Waals surface area contributed by atoms with Gasteiger partial charge in [-0.1, -0.05) is 30.3 Å². The number of ether oxygens (including phenoxy) is 1. The second-order valence-corrected chi connectivity index (χ2v) is 7.01. The lowest BCUT2D eigenvalue weighted by molar-refractivity contribution is -0.114. The standard InChI is InChI=1S/C20H16N4O3S/c1-12(25)21-18-16(19-22-14-10-6-7-11-15(14)28-19)17(20(26)27-2)23-24(18)13-8-4-3-5-9-13/h3-11H,1-2H3,(H,21,25). The number of nitrogens with zero attached hydrogens (tertiary/aromatic N) is 3. The van der Waals surface area contributed by atoms with Gasteiger partial charge >= 0.3 is 5.97 Å². The smallest absolute Gasteiger partial charge is 0.359 e. The first kappa shape index (κ1) is 17.9. The molecule has 2 aromatic carbocycles. The molecule has 8 heteroatoms. The van der Waals surface area contributed by atoms with Crippen LogP contribution in [0, 0.1) is 0 Å². The average Bonchev–Trinajstić information content (AvgIpc) is 3.28. The van der Waals surface area contributed by atoms with Gasteiger partial charge in [-0.25, -0.2) is 14.5 Å². The highest BCUT2D eigenvalue weighted by Crippen LogP contribution is 2.38. The van der Waals surface area contributed by atoms with Gasteiger partial charge in [0.25, 0.3) is 0 Å². The third-order valence-electron chi connectivity index (χ3n) is 4.07. The van der Waals surface area contributed by atoms with E-state index in [1.165, 1.54) is 30.1 Å². The summed E-state index contributed by atoms with van der Waals surface area (Å²) in [6.45, 7) is 1.41. The molecule has 1 N–H and O–H groups in total. The summed E-state index contributed by atoms with van der Waals surface area (Å²) in [6.07, 6.45) is 0. The highest BCUT2D eigenvalue weighted by molar-refractivity contribution is 7.21. The minimum Gasteiger partial charge on any atom is -0.464 e. The molecule has 0 fully saturated rings. The Labute approximate surface area is 164 Å². The van der Waals surface area contributed by atoms with Crippen molar-refractivity contribution in [3.05, 3.63) is 60.3 Å². The zero-order chi connectivity index (χ0) is 19.7. The SMILES string of the molecule is COC(=O)c1nn(-c2ccccc2)c(NC(C)=O)c1-c1nc2ccccc2s1. The van der Waals surface area contributed by atoms with Gasteiger partial charge in [0.05, 0.1) is 28.6 Å². The molecule has 0 radical (unpaired) electrons. The summed E-state index contributed by atoms with van der Waals surface area (Å²) in [7, 11) is 1.30. The number of hydrogen-bond acceptors (Lipinski definition) is 6. The molecule has 1 amide bonds. The molecule has 0 bridgehead atoms. The lowest BCUT2D eigenvalue weighted by atomic mass is 10.2. The van der Waals surface area contributed by atoms with Gasteiger partial charge in [0.15, 0.2) is 5.69 Å². The number of thiazole rings is 1. The molecule has 0 aliphatic carbocycles. The van der Waals surface area contributed by atoms with Crippen molar-refractivity contribution in [3.8, 4) is 16.3 Å². The molecule has 140 valence electrons. The summed E-state index contributed by atoms with van der Waals surface area (Å²) in [5.41, 5.74) is 2.03. The van der Waals surface area contributed by atoms with Gasteiger partial charge < -0.3 is 10.1 Å². The van der Waals surface area contributed by atoms with Gasteiger partial charge in [0.2, 0.25) is 5.91 Å². The van der Waals surface area contributed by atoms with Crippen molar-refractivity contribution in [2.45, 2.75) is 6.92 Å². The van der Waals surface area contributed by atoms with Crippen LogP contribution in [0.3, 0.4) is 0 Å². The van der Waals surface area contributed by atoms with E-state index in [0.717, 1.165) is 10.2 Å². The van der Waals surface area contributed by atoms with Crippen molar-refractivity contribution >= 4 is 39.2 Å². The fraction of sp³-hybridized carbons (Fsp3) is 0.100. The number of hydrogen-bond donors (Lipinski definition) is 1. The van der Waals surface area contributed by atoms with Crippen LogP contribution >= 0.6 is 11.3 Å². The van der Waals surface area contributed by atoms with Crippen molar-refractivity contribution in [1.29, 1.82) is 0 Å². The van der Waals surface area contributed by atoms with E-state index in [2.05, 4.69) is 15.4 Å². The quantitative estimate of drug-likeness (QED) is 0.533. The Morgan fingerprint density at radius 1 is 1.07 bits per heavy atom. The molecule has 0 spiro atoms. The zero-order valence-electron chi connectivity index (χ0n) is 15.2. The summed E-state index contributed by atoms with van der Waals surface area (Å²) in [6, 6.07) is 16.9. The van der Waals surface area contributed by atoms with Gasteiger partial charge in [0.1, 0.15) is 10.8 Å². The first-order chi connectivity index (χ1) is 13.6. The fourth-order valence-corrected chi connectivity index (χ4v) is 3.89. The van der Waals surface area contributed by atoms with Gasteiger partial charge in [-0.2, -0.15) is 5.10 Å². The summed E-state index contributed by atoms with van der Waals surface area (Å²) in [5, 5.41) is 7.82. The Morgan fingerprint density at radius 2 is 1.79 bits per heavy atom. The van der Waals surface area contributed by atoms with E-state index in [1.54, 1.807) is 0 Å². The van der Waals surface area contributed by atoms with E-state index in [0.29, 0.717) is 22.1 Å². The predicted octanol–water partition coefficient (Wildman–Crippen LogP) is 3.89. The third-order valence-corrected chi connectivity index (χ3v) is 5.12. The molecule has 0 atom stereocenters. The number of para-hydroxylation sites is 2. The number of esters is 1. The average molecular weight is 392 g/mol. The number of methoxy groups -OCH3 is 1. The fourth-order valence-electron chi connectivity index (χ4n) is 2.88. The first-order valence-electron chi connectivity index (χ1n) is 8.48. The second kappa shape index (κ2) is 7.24. The van der Waals surface area contributed by atoms with E-state index in [9.17, 15) is 9.59 Å². The molecular weight excluding hydrogens is 376 g/mol. The van der Waals surface area contributed by atoms with Crippen LogP contribution in [0.25, 0.3) is 26.5 Å². The van der Waals surface area contributed by atoms with Gasteiger partial charge in [-0.05, 0) is 24.3 Å². The number of nitrogens with one attached hydrogen (secondary N) is 1. The zero-order valence-corrected chi connectivity index (χ0v) is 16.0. The van der Waals surface area contributed by atoms with E-state index in [4.69, 9.17) is 4.74 Å². The molecule has 4 aromatic rings. The molecule has 2 aromatic heterocycles. The van der Waals surface area contributed by atoms with Crippen LogP contribution in [0.1, 0.15) is 17.4 Å². The highest BCUT2D eigenvalue weighted by atomic mass is 32.1. The van der Waals surface area contributed by atoms with Crippen molar-refractivity contribution in [1.82, 2.24) is 14.8 Å². The number of rotatable bonds is 4. The third kappa shape index (κ3) is 3.14. The Bertz CT molecular complexity index is 1150. The minimum atomic E-state index is -0.601. The van der Waals surface area contributed by atoms with Gasteiger partial charge in [-0.3, -0.25) is 4.79 Å². The summed E-state index contributed by atoms with van der Waals surface area (Å²) in [4.78, 5) is 29.0. The van der Waals surface area contributed by atoms with Crippen LogP contribution in [0.4, 0.5) is 5.82 Å². The second-order valence-electron chi connectivity index (χ2n) is 5.98. The number of aromatic nitrogens is 3.